The molecule has 0 aliphatic carbocycles. The van der Waals surface area contributed by atoms with Crippen LogP contribution in [0.3, 0.4) is 0 Å². The topological polar surface area (TPSA) is 44.4 Å². The summed E-state index contributed by atoms with van der Waals surface area (Å²) in [5.41, 5.74) is 0.763. The molecule has 2 aliphatic heterocycles. The molecular formula is C22H30ClN3O. The molecule has 0 saturated carbocycles. The molecule has 2 aromatic rings. The summed E-state index contributed by atoms with van der Waals surface area (Å²) in [4.78, 5) is 15.3. The largest absolute Gasteiger partial charge is 0.348 e. The Balaban J connectivity index is 0.00000210. The van der Waals surface area contributed by atoms with Gasteiger partial charge in [0.2, 0.25) is 0 Å². The molecule has 2 fully saturated rings. The van der Waals surface area contributed by atoms with Gasteiger partial charge in [0.25, 0.3) is 5.91 Å². The second-order valence-corrected chi connectivity index (χ2v) is 7.83. The van der Waals surface area contributed by atoms with Crippen molar-refractivity contribution in [1.82, 2.24) is 15.5 Å². The van der Waals surface area contributed by atoms with Gasteiger partial charge in [-0.15, -0.1) is 12.4 Å². The number of likely N-dealkylation sites (tertiary alicyclic amines) is 1. The number of carbonyl (C=O) groups excluding carboxylic acids is 1. The third-order valence-corrected chi connectivity index (χ3v) is 5.83. The first kappa shape index (κ1) is 20.1. The van der Waals surface area contributed by atoms with Gasteiger partial charge >= 0.3 is 0 Å². The number of rotatable bonds is 4. The Labute approximate surface area is 168 Å². The molecule has 5 heteroatoms. The van der Waals surface area contributed by atoms with Crippen LogP contribution in [-0.2, 0) is 0 Å². The molecule has 2 saturated heterocycles. The number of hydrogen-bond acceptors (Lipinski definition) is 3. The van der Waals surface area contributed by atoms with Gasteiger partial charge in [0.05, 0.1) is 0 Å². The summed E-state index contributed by atoms with van der Waals surface area (Å²) in [5.74, 6) is 0.871. The van der Waals surface area contributed by atoms with E-state index in [1.807, 2.05) is 30.3 Å². The number of hydrogen-bond donors (Lipinski definition) is 2. The smallest absolute Gasteiger partial charge is 0.251 e. The number of nitrogens with one attached hydrogen (secondary N) is 2. The van der Waals surface area contributed by atoms with Gasteiger partial charge in [0.15, 0.2) is 0 Å². The first-order valence-corrected chi connectivity index (χ1v) is 10.0. The van der Waals surface area contributed by atoms with E-state index >= 15 is 0 Å². The Kier molecular flexibility index (Phi) is 7.11. The molecular weight excluding hydrogens is 358 g/mol. The Morgan fingerprint density at radius 2 is 1.85 bits per heavy atom. The van der Waals surface area contributed by atoms with E-state index in [0.717, 1.165) is 42.9 Å². The van der Waals surface area contributed by atoms with Crippen molar-refractivity contribution in [3.63, 3.8) is 0 Å². The lowest BCUT2D eigenvalue weighted by Crippen LogP contribution is -2.49. The average Bonchev–Trinajstić information content (AvgIpc) is 2.68. The second-order valence-electron chi connectivity index (χ2n) is 7.83. The fourth-order valence-electron chi connectivity index (χ4n) is 4.37. The van der Waals surface area contributed by atoms with Crippen molar-refractivity contribution in [2.45, 2.75) is 31.7 Å². The lowest BCUT2D eigenvalue weighted by atomic mass is 9.95. The standard InChI is InChI=1S/C22H29N3O.ClH/c26-22(20-8-7-18-4-1-2-5-19(18)14-20)24-21-6-3-13-25(16-21)15-17-9-11-23-12-10-17;/h1-2,4-5,7-8,14,17,21,23H,3,6,9-13,15-16H2,(H,24,26);1H. The van der Waals surface area contributed by atoms with E-state index in [1.165, 1.54) is 37.7 Å². The molecule has 0 aromatic heterocycles. The van der Waals surface area contributed by atoms with Crippen LogP contribution >= 0.6 is 12.4 Å². The van der Waals surface area contributed by atoms with Gasteiger partial charge < -0.3 is 15.5 Å². The van der Waals surface area contributed by atoms with Crippen LogP contribution < -0.4 is 10.6 Å². The molecule has 0 radical (unpaired) electrons. The first-order valence-electron chi connectivity index (χ1n) is 10.0. The van der Waals surface area contributed by atoms with E-state index in [4.69, 9.17) is 0 Å². The summed E-state index contributed by atoms with van der Waals surface area (Å²) >= 11 is 0. The van der Waals surface area contributed by atoms with Gasteiger partial charge in [-0.2, -0.15) is 0 Å². The van der Waals surface area contributed by atoms with Crippen molar-refractivity contribution < 1.29 is 4.79 Å². The molecule has 0 spiro atoms. The van der Waals surface area contributed by atoms with Crippen LogP contribution in [0.15, 0.2) is 42.5 Å². The highest BCUT2D eigenvalue weighted by Gasteiger charge is 2.24. The van der Waals surface area contributed by atoms with E-state index < -0.39 is 0 Å². The lowest BCUT2D eigenvalue weighted by molar-refractivity contribution is 0.0891. The van der Waals surface area contributed by atoms with Crippen molar-refractivity contribution in [3.8, 4) is 0 Å². The molecule has 1 atom stereocenters. The Morgan fingerprint density at radius 3 is 2.67 bits per heavy atom. The minimum absolute atomic E-state index is 0. The normalized spacial score (nSPS) is 21.6. The van der Waals surface area contributed by atoms with Crippen molar-refractivity contribution in [3.05, 3.63) is 48.0 Å². The molecule has 2 heterocycles. The second kappa shape index (κ2) is 9.54. The monoisotopic (exact) mass is 387 g/mol. The first-order chi connectivity index (χ1) is 12.8. The number of piperidine rings is 2. The lowest BCUT2D eigenvalue weighted by Gasteiger charge is -2.36. The summed E-state index contributed by atoms with van der Waals surface area (Å²) in [6.45, 7) is 5.65. The maximum Gasteiger partial charge on any atom is 0.251 e. The predicted molar refractivity (Wildman–Crippen MR) is 114 cm³/mol. The van der Waals surface area contributed by atoms with E-state index in [-0.39, 0.29) is 24.4 Å². The third-order valence-electron chi connectivity index (χ3n) is 5.83. The molecule has 4 nitrogen and oxygen atoms in total. The number of carbonyl (C=O) groups is 1. The van der Waals surface area contributed by atoms with E-state index in [9.17, 15) is 4.79 Å². The quantitative estimate of drug-likeness (QED) is 0.844. The molecule has 4 rings (SSSR count). The molecule has 1 amide bonds. The summed E-state index contributed by atoms with van der Waals surface area (Å²) in [6, 6.07) is 14.4. The summed E-state index contributed by atoms with van der Waals surface area (Å²) in [7, 11) is 0. The van der Waals surface area contributed by atoms with Crippen LogP contribution in [0.1, 0.15) is 36.0 Å². The zero-order valence-electron chi connectivity index (χ0n) is 15.8. The third kappa shape index (κ3) is 5.22. The van der Waals surface area contributed by atoms with Crippen LogP contribution in [-0.4, -0.2) is 49.6 Å². The summed E-state index contributed by atoms with van der Waals surface area (Å²) in [5, 5.41) is 9.01. The van der Waals surface area contributed by atoms with E-state index in [0.29, 0.717) is 0 Å². The number of benzene rings is 2. The number of amides is 1. The van der Waals surface area contributed by atoms with Crippen LogP contribution in [0, 0.1) is 5.92 Å². The van der Waals surface area contributed by atoms with Gasteiger partial charge in [0.1, 0.15) is 0 Å². The summed E-state index contributed by atoms with van der Waals surface area (Å²) in [6.07, 6.45) is 4.82. The Bertz CT molecular complexity index is 760. The number of nitrogens with zero attached hydrogens (tertiary/aromatic N) is 1. The predicted octanol–water partition coefficient (Wildman–Crippen LogP) is 3.46. The maximum absolute atomic E-state index is 12.7. The molecule has 27 heavy (non-hydrogen) atoms. The van der Waals surface area contributed by atoms with Crippen LogP contribution in [0.2, 0.25) is 0 Å². The Morgan fingerprint density at radius 1 is 1.07 bits per heavy atom. The zero-order valence-corrected chi connectivity index (χ0v) is 16.6. The average molecular weight is 388 g/mol. The van der Waals surface area contributed by atoms with E-state index in [1.54, 1.807) is 0 Å². The zero-order chi connectivity index (χ0) is 17.8. The number of halogens is 1. The van der Waals surface area contributed by atoms with Gasteiger partial charge in [-0.1, -0.05) is 30.3 Å². The van der Waals surface area contributed by atoms with Gasteiger partial charge in [-0.25, -0.2) is 0 Å². The maximum atomic E-state index is 12.7. The minimum atomic E-state index is 0. The highest BCUT2D eigenvalue weighted by Crippen LogP contribution is 2.19. The fraction of sp³-hybridized carbons (Fsp3) is 0.500. The van der Waals surface area contributed by atoms with Crippen molar-refractivity contribution in [2.75, 3.05) is 32.7 Å². The number of fused-ring (bicyclic) bond motifs is 1. The van der Waals surface area contributed by atoms with Crippen molar-refractivity contribution in [1.29, 1.82) is 0 Å². The van der Waals surface area contributed by atoms with Crippen molar-refractivity contribution >= 4 is 29.1 Å². The summed E-state index contributed by atoms with van der Waals surface area (Å²) < 4.78 is 0. The Hall–Kier alpha value is -1.62. The van der Waals surface area contributed by atoms with Gasteiger partial charge in [0, 0.05) is 24.7 Å². The van der Waals surface area contributed by atoms with Crippen LogP contribution in [0.4, 0.5) is 0 Å². The molecule has 1 unspecified atom stereocenters. The van der Waals surface area contributed by atoms with Crippen LogP contribution in [0.25, 0.3) is 10.8 Å². The minimum Gasteiger partial charge on any atom is -0.348 e. The van der Waals surface area contributed by atoms with Gasteiger partial charge in [-0.05, 0) is 74.1 Å². The van der Waals surface area contributed by atoms with Crippen LogP contribution in [0.5, 0.6) is 0 Å². The fourth-order valence-corrected chi connectivity index (χ4v) is 4.37. The molecule has 0 bridgehead atoms. The SMILES string of the molecule is Cl.O=C(NC1CCCN(CC2CCNCC2)C1)c1ccc2ccccc2c1. The molecule has 2 aromatic carbocycles. The molecule has 2 aliphatic rings. The van der Waals surface area contributed by atoms with E-state index in [2.05, 4.69) is 27.7 Å². The van der Waals surface area contributed by atoms with Crippen molar-refractivity contribution in [2.24, 2.45) is 5.92 Å². The van der Waals surface area contributed by atoms with Gasteiger partial charge in [-0.3, -0.25) is 4.79 Å². The molecule has 2 N–H and O–H groups in total. The highest BCUT2D eigenvalue weighted by molar-refractivity contribution is 5.98. The molecule has 146 valence electrons. The highest BCUT2D eigenvalue weighted by atomic mass is 35.5.